The first kappa shape index (κ1) is 17.3. The first-order valence-corrected chi connectivity index (χ1v) is 8.61. The maximum absolute atomic E-state index is 12.9. The molecule has 0 unspecified atom stereocenters. The highest BCUT2D eigenvalue weighted by Crippen LogP contribution is 2.29. The molecule has 0 fully saturated rings. The monoisotopic (exact) mass is 353 g/mol. The molecule has 0 atom stereocenters. The average Bonchev–Trinajstić information content (AvgIpc) is 2.47. The van der Waals surface area contributed by atoms with E-state index in [2.05, 4.69) is 0 Å². The van der Waals surface area contributed by atoms with Gasteiger partial charge in [0.25, 0.3) is 10.0 Å². The molecule has 0 saturated heterocycles. The molecule has 0 amide bonds. The maximum atomic E-state index is 12.9. The topological polar surface area (TPSA) is 74.7 Å². The minimum Gasteiger partial charge on any atom is -0.480 e. The smallest absolute Gasteiger partial charge is 0.324 e. The Morgan fingerprint density at radius 2 is 1.74 bits per heavy atom. The largest absolute Gasteiger partial charge is 0.480 e. The summed E-state index contributed by atoms with van der Waals surface area (Å²) >= 11 is 5.95. The number of aryl methyl sites for hydroxylation is 2. The van der Waals surface area contributed by atoms with Crippen LogP contribution in [0.2, 0.25) is 5.02 Å². The highest BCUT2D eigenvalue weighted by atomic mass is 35.5. The van der Waals surface area contributed by atoms with Crippen LogP contribution in [0.5, 0.6) is 0 Å². The van der Waals surface area contributed by atoms with Gasteiger partial charge in [-0.15, -0.1) is 0 Å². The van der Waals surface area contributed by atoms with Crippen molar-refractivity contribution < 1.29 is 18.3 Å². The second kappa shape index (κ2) is 6.60. The Bertz CT molecular complexity index is 832. The van der Waals surface area contributed by atoms with Crippen molar-refractivity contribution >= 4 is 33.3 Å². The van der Waals surface area contributed by atoms with E-state index in [-0.39, 0.29) is 10.6 Å². The molecule has 5 nitrogen and oxygen atoms in total. The fourth-order valence-electron chi connectivity index (χ4n) is 2.11. The zero-order valence-corrected chi connectivity index (χ0v) is 14.2. The van der Waals surface area contributed by atoms with Crippen LogP contribution in [0.4, 0.5) is 5.69 Å². The number of carboxylic acids is 1. The van der Waals surface area contributed by atoms with Gasteiger partial charge in [-0.05, 0) is 43.7 Å². The molecule has 0 aliphatic rings. The molecular weight excluding hydrogens is 338 g/mol. The number of anilines is 1. The van der Waals surface area contributed by atoms with E-state index in [1.165, 1.54) is 18.2 Å². The van der Waals surface area contributed by atoms with Crippen molar-refractivity contribution in [2.75, 3.05) is 10.8 Å². The summed E-state index contributed by atoms with van der Waals surface area (Å²) < 4.78 is 26.6. The SMILES string of the molecule is Cc1ccc(S(=O)(=O)N(CC(=O)O)c2cc(Cl)ccc2C)cc1. The van der Waals surface area contributed by atoms with Crippen LogP contribution in [-0.4, -0.2) is 26.0 Å². The Morgan fingerprint density at radius 1 is 1.13 bits per heavy atom. The van der Waals surface area contributed by atoms with Crippen molar-refractivity contribution in [1.29, 1.82) is 0 Å². The number of hydrogen-bond donors (Lipinski definition) is 1. The van der Waals surface area contributed by atoms with Gasteiger partial charge in [-0.1, -0.05) is 35.4 Å². The van der Waals surface area contributed by atoms with Crippen LogP contribution in [0.1, 0.15) is 11.1 Å². The van der Waals surface area contributed by atoms with Crippen LogP contribution >= 0.6 is 11.6 Å². The van der Waals surface area contributed by atoms with Crippen molar-refractivity contribution in [2.24, 2.45) is 0 Å². The Kier molecular flexibility index (Phi) is 4.97. The fourth-order valence-corrected chi connectivity index (χ4v) is 3.75. The number of sulfonamides is 1. The summed E-state index contributed by atoms with van der Waals surface area (Å²) in [5.74, 6) is -1.25. The van der Waals surface area contributed by atoms with E-state index in [1.54, 1.807) is 31.2 Å². The molecule has 0 radical (unpaired) electrons. The lowest BCUT2D eigenvalue weighted by Crippen LogP contribution is -2.36. The van der Waals surface area contributed by atoms with Crippen LogP contribution < -0.4 is 4.31 Å². The van der Waals surface area contributed by atoms with Crippen molar-refractivity contribution in [3.05, 3.63) is 58.6 Å². The van der Waals surface area contributed by atoms with E-state index in [0.29, 0.717) is 10.6 Å². The summed E-state index contributed by atoms with van der Waals surface area (Å²) in [4.78, 5) is 11.2. The van der Waals surface area contributed by atoms with E-state index in [9.17, 15) is 13.2 Å². The second-order valence-electron chi connectivity index (χ2n) is 5.15. The Hall–Kier alpha value is -2.05. The van der Waals surface area contributed by atoms with Gasteiger partial charge in [0.2, 0.25) is 0 Å². The number of benzene rings is 2. The van der Waals surface area contributed by atoms with Gasteiger partial charge >= 0.3 is 5.97 Å². The number of halogens is 1. The molecule has 0 aliphatic heterocycles. The van der Waals surface area contributed by atoms with Gasteiger partial charge in [-0.3, -0.25) is 9.10 Å². The standard InChI is InChI=1S/C16H16ClNO4S/c1-11-3-7-14(8-4-11)23(21,22)18(10-16(19)20)15-9-13(17)6-5-12(15)2/h3-9H,10H2,1-2H3,(H,19,20). The lowest BCUT2D eigenvalue weighted by atomic mass is 10.2. The van der Waals surface area contributed by atoms with Crippen LogP contribution in [0.3, 0.4) is 0 Å². The highest BCUT2D eigenvalue weighted by Gasteiger charge is 2.28. The fraction of sp³-hybridized carbons (Fsp3) is 0.188. The van der Waals surface area contributed by atoms with E-state index in [4.69, 9.17) is 16.7 Å². The molecule has 0 heterocycles. The maximum Gasteiger partial charge on any atom is 0.324 e. The summed E-state index contributed by atoms with van der Waals surface area (Å²) in [6.07, 6.45) is 0. The number of rotatable bonds is 5. The molecule has 0 aromatic heterocycles. The molecule has 122 valence electrons. The van der Waals surface area contributed by atoms with Crippen LogP contribution in [0.15, 0.2) is 47.4 Å². The summed E-state index contributed by atoms with van der Waals surface area (Å²) in [5, 5.41) is 9.45. The Balaban J connectivity index is 2.60. The van der Waals surface area contributed by atoms with Crippen LogP contribution in [0, 0.1) is 13.8 Å². The van der Waals surface area contributed by atoms with E-state index in [1.807, 2.05) is 6.92 Å². The molecule has 2 aromatic carbocycles. The number of nitrogens with zero attached hydrogens (tertiary/aromatic N) is 1. The van der Waals surface area contributed by atoms with Crippen LogP contribution in [0.25, 0.3) is 0 Å². The number of carbonyl (C=O) groups is 1. The van der Waals surface area contributed by atoms with Crippen molar-refractivity contribution in [1.82, 2.24) is 0 Å². The predicted molar refractivity (Wildman–Crippen MR) is 89.5 cm³/mol. The average molecular weight is 354 g/mol. The summed E-state index contributed by atoms with van der Waals surface area (Å²) in [6, 6.07) is 11.0. The molecule has 2 rings (SSSR count). The number of aliphatic carboxylic acids is 1. The zero-order valence-electron chi connectivity index (χ0n) is 12.7. The minimum atomic E-state index is -4.01. The van der Waals surface area contributed by atoms with E-state index < -0.39 is 22.5 Å². The number of hydrogen-bond acceptors (Lipinski definition) is 3. The molecule has 0 aliphatic carbocycles. The van der Waals surface area contributed by atoms with Gasteiger partial charge < -0.3 is 5.11 Å². The Morgan fingerprint density at radius 3 is 2.30 bits per heavy atom. The first-order chi connectivity index (χ1) is 10.7. The van der Waals surface area contributed by atoms with Crippen molar-refractivity contribution in [3.63, 3.8) is 0 Å². The normalized spacial score (nSPS) is 11.3. The van der Waals surface area contributed by atoms with Gasteiger partial charge in [-0.2, -0.15) is 0 Å². The van der Waals surface area contributed by atoms with Gasteiger partial charge in [0, 0.05) is 5.02 Å². The number of carboxylic acid groups (broad SMARTS) is 1. The van der Waals surface area contributed by atoms with E-state index in [0.717, 1.165) is 9.87 Å². The highest BCUT2D eigenvalue weighted by molar-refractivity contribution is 7.92. The second-order valence-corrected chi connectivity index (χ2v) is 7.45. The van der Waals surface area contributed by atoms with E-state index >= 15 is 0 Å². The quantitative estimate of drug-likeness (QED) is 0.895. The predicted octanol–water partition coefficient (Wildman–Crippen LogP) is 3.24. The Labute approximate surface area is 140 Å². The third kappa shape index (κ3) is 3.83. The molecule has 23 heavy (non-hydrogen) atoms. The first-order valence-electron chi connectivity index (χ1n) is 6.79. The summed E-state index contributed by atoms with van der Waals surface area (Å²) in [7, 11) is -4.01. The molecule has 0 saturated carbocycles. The molecule has 0 spiro atoms. The molecule has 2 aromatic rings. The molecule has 7 heteroatoms. The summed E-state index contributed by atoms with van der Waals surface area (Å²) in [5.41, 5.74) is 1.78. The van der Waals surface area contributed by atoms with Gasteiger partial charge in [-0.25, -0.2) is 8.42 Å². The van der Waals surface area contributed by atoms with Crippen molar-refractivity contribution in [2.45, 2.75) is 18.7 Å². The third-order valence-electron chi connectivity index (χ3n) is 3.33. The van der Waals surface area contributed by atoms with Gasteiger partial charge in [0.15, 0.2) is 0 Å². The zero-order chi connectivity index (χ0) is 17.2. The molecule has 1 N–H and O–H groups in total. The van der Waals surface area contributed by atoms with Crippen LogP contribution in [-0.2, 0) is 14.8 Å². The van der Waals surface area contributed by atoms with Crippen molar-refractivity contribution in [3.8, 4) is 0 Å². The lowest BCUT2D eigenvalue weighted by molar-refractivity contribution is -0.135. The molecule has 0 bridgehead atoms. The minimum absolute atomic E-state index is 0.0312. The third-order valence-corrected chi connectivity index (χ3v) is 5.34. The molecular formula is C16H16ClNO4S. The van der Waals surface area contributed by atoms with Gasteiger partial charge in [0.05, 0.1) is 10.6 Å². The van der Waals surface area contributed by atoms with Gasteiger partial charge in [0.1, 0.15) is 6.54 Å². The summed E-state index contributed by atoms with van der Waals surface area (Å²) in [6.45, 7) is 2.86. The lowest BCUT2D eigenvalue weighted by Gasteiger charge is -2.24.